The number of para-hydroxylation sites is 1. The molecule has 0 radical (unpaired) electrons. The van der Waals surface area contributed by atoms with Crippen LogP contribution in [-0.4, -0.2) is 4.98 Å². The molecule has 0 unspecified atom stereocenters. The van der Waals surface area contributed by atoms with Gasteiger partial charge >= 0.3 is 0 Å². The van der Waals surface area contributed by atoms with Crippen LogP contribution in [-0.2, 0) is 6.42 Å². The van der Waals surface area contributed by atoms with E-state index in [1.165, 1.54) is 10.9 Å². The Kier molecular flexibility index (Phi) is 3.10. The smallest absolute Gasteiger partial charge is 0.137 e. The molecule has 0 bridgehead atoms. The lowest BCUT2D eigenvalue weighted by molar-refractivity contribution is 0.486. The van der Waals surface area contributed by atoms with Gasteiger partial charge in [0.05, 0.1) is 16.8 Å². The van der Waals surface area contributed by atoms with Crippen molar-refractivity contribution in [2.75, 3.05) is 0 Å². The summed E-state index contributed by atoms with van der Waals surface area (Å²) >= 11 is 0. The summed E-state index contributed by atoms with van der Waals surface area (Å²) in [6, 6.07) is 24.9. The predicted molar refractivity (Wildman–Crippen MR) is 102 cm³/mol. The molecule has 4 aromatic rings. The highest BCUT2D eigenvalue weighted by Gasteiger charge is 2.24. The Bertz CT molecular complexity index is 1100. The van der Waals surface area contributed by atoms with E-state index in [9.17, 15) is 0 Å². The number of pyridine rings is 1. The van der Waals surface area contributed by atoms with Gasteiger partial charge < -0.3 is 4.74 Å². The van der Waals surface area contributed by atoms with Crippen molar-refractivity contribution in [2.24, 2.45) is 0 Å². The summed E-state index contributed by atoms with van der Waals surface area (Å²) in [4.78, 5) is 5.13. The molecule has 1 aliphatic rings. The molecule has 120 valence electrons. The van der Waals surface area contributed by atoms with Gasteiger partial charge in [-0.1, -0.05) is 61.5 Å². The average Bonchev–Trinajstić information content (AvgIpc) is 2.68. The molecule has 2 nitrogen and oxygen atoms in total. The Morgan fingerprint density at radius 2 is 1.52 bits per heavy atom. The minimum atomic E-state index is 0.873. The van der Waals surface area contributed by atoms with Gasteiger partial charge in [-0.15, -0.1) is 0 Å². The maximum Gasteiger partial charge on any atom is 0.137 e. The molecule has 1 aromatic heterocycles. The Balaban J connectivity index is 1.94. The van der Waals surface area contributed by atoms with Gasteiger partial charge in [-0.25, -0.2) is 4.98 Å². The second-order valence-electron chi connectivity index (χ2n) is 6.28. The van der Waals surface area contributed by atoms with Crippen LogP contribution in [0.15, 0.2) is 72.8 Å². The molecule has 2 heteroatoms. The number of benzene rings is 3. The molecular weight excluding hydrogens is 306 g/mol. The highest BCUT2D eigenvalue weighted by atomic mass is 16.5. The molecule has 0 spiro atoms. The van der Waals surface area contributed by atoms with E-state index in [0.717, 1.165) is 45.8 Å². The van der Waals surface area contributed by atoms with Gasteiger partial charge in [0.25, 0.3) is 0 Å². The fourth-order valence-corrected chi connectivity index (χ4v) is 3.73. The summed E-state index contributed by atoms with van der Waals surface area (Å²) in [5, 5.41) is 2.36. The van der Waals surface area contributed by atoms with Crippen LogP contribution in [0.4, 0.5) is 0 Å². The van der Waals surface area contributed by atoms with Gasteiger partial charge in [-0.3, -0.25) is 0 Å². The monoisotopic (exact) mass is 323 g/mol. The zero-order chi connectivity index (χ0) is 16.8. The molecule has 0 saturated carbocycles. The normalized spacial score (nSPS) is 11.9. The number of aryl methyl sites for hydroxylation is 1. The standard InChI is InChI=1S/C23H17NO/c1-2-16-17-12-8-14-20-21(17)23(18-11-6-7-13-19(18)25-20)24-22(16)15-9-4-3-5-10-15/h3-14H,2H2,1H3. The number of rotatable bonds is 2. The first kappa shape index (κ1) is 14.2. The average molecular weight is 323 g/mol. The van der Waals surface area contributed by atoms with Crippen LogP contribution in [0.5, 0.6) is 11.5 Å². The number of hydrogen-bond donors (Lipinski definition) is 0. The Labute approximate surface area is 146 Å². The van der Waals surface area contributed by atoms with Crippen molar-refractivity contribution in [1.29, 1.82) is 0 Å². The van der Waals surface area contributed by atoms with Crippen LogP contribution in [0.1, 0.15) is 12.5 Å². The highest BCUT2D eigenvalue weighted by Crippen LogP contribution is 2.47. The first-order valence-corrected chi connectivity index (χ1v) is 8.65. The summed E-state index contributed by atoms with van der Waals surface area (Å²) < 4.78 is 6.15. The summed E-state index contributed by atoms with van der Waals surface area (Å²) in [5.41, 5.74) is 5.58. The topological polar surface area (TPSA) is 22.1 Å². The molecule has 0 amide bonds. The van der Waals surface area contributed by atoms with E-state index in [1.54, 1.807) is 0 Å². The Morgan fingerprint density at radius 1 is 0.760 bits per heavy atom. The van der Waals surface area contributed by atoms with Gasteiger partial charge in [0.2, 0.25) is 0 Å². The van der Waals surface area contributed by atoms with Gasteiger partial charge in [0.1, 0.15) is 11.5 Å². The minimum Gasteiger partial charge on any atom is -0.456 e. The molecule has 25 heavy (non-hydrogen) atoms. The van der Waals surface area contributed by atoms with Crippen molar-refractivity contribution in [3.63, 3.8) is 0 Å². The summed E-state index contributed by atoms with van der Waals surface area (Å²) in [5.74, 6) is 1.77. The van der Waals surface area contributed by atoms with Crippen LogP contribution in [0, 0.1) is 0 Å². The Hall–Kier alpha value is -3.13. The molecule has 0 N–H and O–H groups in total. The van der Waals surface area contributed by atoms with E-state index >= 15 is 0 Å². The predicted octanol–water partition coefficient (Wildman–Crippen LogP) is 6.24. The van der Waals surface area contributed by atoms with Gasteiger partial charge in [0, 0.05) is 11.1 Å². The molecule has 0 saturated heterocycles. The molecule has 2 heterocycles. The number of nitrogens with zero attached hydrogens (tertiary/aromatic N) is 1. The molecule has 0 fully saturated rings. The van der Waals surface area contributed by atoms with Crippen LogP contribution in [0.25, 0.3) is 33.3 Å². The van der Waals surface area contributed by atoms with Crippen LogP contribution >= 0.6 is 0 Å². The van der Waals surface area contributed by atoms with E-state index in [-0.39, 0.29) is 0 Å². The Morgan fingerprint density at radius 3 is 2.36 bits per heavy atom. The first-order chi connectivity index (χ1) is 12.4. The summed E-state index contributed by atoms with van der Waals surface area (Å²) in [7, 11) is 0. The lowest BCUT2D eigenvalue weighted by atomic mass is 9.92. The van der Waals surface area contributed by atoms with Gasteiger partial charge in [-0.2, -0.15) is 0 Å². The van der Waals surface area contributed by atoms with E-state index in [0.29, 0.717) is 0 Å². The van der Waals surface area contributed by atoms with Crippen LogP contribution in [0.3, 0.4) is 0 Å². The highest BCUT2D eigenvalue weighted by molar-refractivity contribution is 6.05. The third-order valence-electron chi connectivity index (χ3n) is 4.86. The molecule has 1 aliphatic heterocycles. The zero-order valence-corrected chi connectivity index (χ0v) is 14.0. The fraction of sp³-hybridized carbons (Fsp3) is 0.0870. The second kappa shape index (κ2) is 5.45. The second-order valence-corrected chi connectivity index (χ2v) is 6.28. The maximum absolute atomic E-state index is 6.15. The van der Waals surface area contributed by atoms with Crippen molar-refractivity contribution < 1.29 is 4.74 Å². The third kappa shape index (κ3) is 2.07. The molecule has 5 rings (SSSR count). The number of hydrogen-bond acceptors (Lipinski definition) is 2. The van der Waals surface area contributed by atoms with Crippen molar-refractivity contribution in [3.8, 4) is 34.0 Å². The minimum absolute atomic E-state index is 0.873. The quantitative estimate of drug-likeness (QED) is 0.384. The van der Waals surface area contributed by atoms with E-state index in [2.05, 4.69) is 49.4 Å². The van der Waals surface area contributed by atoms with Crippen molar-refractivity contribution in [3.05, 3.63) is 78.4 Å². The van der Waals surface area contributed by atoms with Crippen molar-refractivity contribution in [2.45, 2.75) is 13.3 Å². The first-order valence-electron chi connectivity index (χ1n) is 8.65. The summed E-state index contributed by atoms with van der Waals surface area (Å²) in [6.45, 7) is 2.19. The van der Waals surface area contributed by atoms with Crippen molar-refractivity contribution in [1.82, 2.24) is 4.98 Å². The maximum atomic E-state index is 6.15. The number of ether oxygens (including phenoxy) is 1. The van der Waals surface area contributed by atoms with Gasteiger partial charge in [0.15, 0.2) is 0 Å². The summed E-state index contributed by atoms with van der Waals surface area (Å²) in [6.07, 6.45) is 0.930. The van der Waals surface area contributed by atoms with Gasteiger partial charge in [-0.05, 0) is 35.6 Å². The zero-order valence-electron chi connectivity index (χ0n) is 14.0. The lowest BCUT2D eigenvalue weighted by Crippen LogP contribution is -2.03. The van der Waals surface area contributed by atoms with Crippen LogP contribution in [0.2, 0.25) is 0 Å². The van der Waals surface area contributed by atoms with E-state index < -0.39 is 0 Å². The SMILES string of the molecule is CCc1c(-c2ccccc2)nc2c3c(cccc13)Oc1ccccc1-2. The molecule has 3 aromatic carbocycles. The number of aromatic nitrogens is 1. The largest absolute Gasteiger partial charge is 0.456 e. The molecule has 0 atom stereocenters. The van der Waals surface area contributed by atoms with E-state index in [4.69, 9.17) is 9.72 Å². The molecule has 0 aliphatic carbocycles. The van der Waals surface area contributed by atoms with Crippen LogP contribution < -0.4 is 4.74 Å². The molecular formula is C23H17NO. The third-order valence-corrected chi connectivity index (χ3v) is 4.86. The fourth-order valence-electron chi connectivity index (χ4n) is 3.73. The van der Waals surface area contributed by atoms with Crippen molar-refractivity contribution >= 4 is 10.8 Å². The van der Waals surface area contributed by atoms with E-state index in [1.807, 2.05) is 30.3 Å². The number of fused-ring (bicyclic) bond motifs is 2. The lowest BCUT2D eigenvalue weighted by Gasteiger charge is -2.23.